The second-order valence-corrected chi connectivity index (χ2v) is 9.39. The molecular weight excluding hydrogens is 204 g/mol. The van der Waals surface area contributed by atoms with Crippen LogP contribution in [0.15, 0.2) is 35.5 Å². The maximum Gasteiger partial charge on any atom is 0.201 e. The molecule has 0 saturated heterocycles. The Balaban J connectivity index is 2.89. The molecule has 0 saturated carbocycles. The predicted molar refractivity (Wildman–Crippen MR) is 68.6 cm³/mol. The van der Waals surface area contributed by atoms with Gasteiger partial charge in [-0.3, -0.25) is 0 Å². The molecule has 76 valence electrons. The van der Waals surface area contributed by atoms with Gasteiger partial charge in [0.2, 0.25) is 8.32 Å². The molecule has 0 aliphatic rings. The van der Waals surface area contributed by atoms with Gasteiger partial charge in [0.05, 0.1) is 0 Å². The average molecular weight is 222 g/mol. The quantitative estimate of drug-likeness (QED) is 0.712. The molecule has 0 heterocycles. The van der Waals surface area contributed by atoms with E-state index in [0.29, 0.717) is 0 Å². The third kappa shape index (κ3) is 2.94. The van der Waals surface area contributed by atoms with Gasteiger partial charge in [0.15, 0.2) is 0 Å². The van der Waals surface area contributed by atoms with Crippen molar-refractivity contribution in [3.63, 3.8) is 0 Å². The molecule has 3 heteroatoms. The summed E-state index contributed by atoms with van der Waals surface area (Å²) in [6, 6.07) is 10.4. The normalized spacial score (nSPS) is 13.2. The summed E-state index contributed by atoms with van der Waals surface area (Å²) in [6.45, 7) is 6.67. The molecule has 0 aliphatic heterocycles. The molecule has 0 unspecified atom stereocenters. The molecule has 0 N–H and O–H groups in total. The van der Waals surface area contributed by atoms with Crippen molar-refractivity contribution in [3.8, 4) is 0 Å². The first-order valence-electron chi connectivity index (χ1n) is 4.85. The zero-order valence-electron chi connectivity index (χ0n) is 9.37. The highest BCUT2D eigenvalue weighted by Crippen LogP contribution is 2.17. The van der Waals surface area contributed by atoms with Crippen molar-refractivity contribution in [2.24, 2.45) is 0 Å². The third-order valence-electron chi connectivity index (χ3n) is 2.64. The van der Waals surface area contributed by atoms with Crippen molar-refractivity contribution < 1.29 is 4.12 Å². The summed E-state index contributed by atoms with van der Waals surface area (Å²) in [4.78, 5) is 0. The van der Waals surface area contributed by atoms with Crippen molar-refractivity contribution in [3.05, 3.63) is 41.1 Å². The van der Waals surface area contributed by atoms with Crippen molar-refractivity contribution in [1.29, 1.82) is 0 Å². The highest BCUT2D eigenvalue weighted by Gasteiger charge is 2.21. The molecular formula is C11H18OSi2. The second-order valence-electron chi connectivity index (χ2n) is 3.95. The molecule has 1 rings (SSSR count). The van der Waals surface area contributed by atoms with E-state index in [4.69, 9.17) is 4.12 Å². The summed E-state index contributed by atoms with van der Waals surface area (Å²) in [6.07, 6.45) is 2.24. The Morgan fingerprint density at radius 1 is 1.29 bits per heavy atom. The zero-order chi connectivity index (χ0) is 10.6. The van der Waals surface area contributed by atoms with Gasteiger partial charge in [-0.05, 0) is 25.6 Å². The van der Waals surface area contributed by atoms with Crippen molar-refractivity contribution in [1.82, 2.24) is 0 Å². The van der Waals surface area contributed by atoms with Crippen LogP contribution in [0.4, 0.5) is 0 Å². The van der Waals surface area contributed by atoms with E-state index in [1.807, 2.05) is 6.07 Å². The third-order valence-corrected chi connectivity index (χ3v) is 8.77. The summed E-state index contributed by atoms with van der Waals surface area (Å²) >= 11 is 0. The van der Waals surface area contributed by atoms with E-state index in [0.717, 1.165) is 10.5 Å². The van der Waals surface area contributed by atoms with Gasteiger partial charge in [-0.1, -0.05) is 41.6 Å². The Hall–Kier alpha value is -0.646. The predicted octanol–water partition coefficient (Wildman–Crippen LogP) is 2.13. The lowest BCUT2D eigenvalue weighted by Gasteiger charge is -2.21. The molecule has 0 bridgehead atoms. The van der Waals surface area contributed by atoms with Crippen LogP contribution in [0.25, 0.3) is 6.08 Å². The highest BCUT2D eigenvalue weighted by molar-refractivity contribution is 6.81. The number of benzene rings is 1. The van der Waals surface area contributed by atoms with E-state index in [1.165, 1.54) is 10.8 Å². The fourth-order valence-corrected chi connectivity index (χ4v) is 2.94. The molecule has 14 heavy (non-hydrogen) atoms. The molecule has 1 aromatic rings. The minimum atomic E-state index is -1.54. The van der Waals surface area contributed by atoms with Crippen LogP contribution in [0.2, 0.25) is 13.1 Å². The Morgan fingerprint density at radius 3 is 2.36 bits per heavy atom. The molecule has 0 atom stereocenters. The summed E-state index contributed by atoms with van der Waals surface area (Å²) in [7, 11) is -0.708. The van der Waals surface area contributed by atoms with Gasteiger partial charge in [0, 0.05) is 0 Å². The van der Waals surface area contributed by atoms with E-state index in [-0.39, 0.29) is 0 Å². The number of rotatable bonds is 3. The number of hydrogen-bond donors (Lipinski definition) is 0. The van der Waals surface area contributed by atoms with Crippen LogP contribution in [-0.2, 0) is 4.12 Å². The van der Waals surface area contributed by atoms with Gasteiger partial charge < -0.3 is 4.12 Å². The molecule has 1 aromatic carbocycles. The average Bonchev–Trinajstić information content (AvgIpc) is 2.19. The summed E-state index contributed by atoms with van der Waals surface area (Å²) in [5, 5.41) is 1.40. The van der Waals surface area contributed by atoms with Gasteiger partial charge in [0.1, 0.15) is 10.5 Å². The fourth-order valence-electron chi connectivity index (χ4n) is 1.13. The van der Waals surface area contributed by atoms with Gasteiger partial charge in [-0.2, -0.15) is 0 Å². The Morgan fingerprint density at radius 2 is 1.86 bits per heavy atom. The number of allylic oxidation sites excluding steroid dienone is 1. The molecule has 0 aromatic heterocycles. The van der Waals surface area contributed by atoms with Crippen LogP contribution in [-0.4, -0.2) is 18.8 Å². The minimum Gasteiger partial charge on any atom is -0.461 e. The monoisotopic (exact) mass is 222 g/mol. The molecule has 0 aliphatic carbocycles. The Bertz CT molecular complexity index is 317. The van der Waals surface area contributed by atoms with Crippen molar-refractivity contribution >= 4 is 24.9 Å². The Kier molecular flexibility index (Phi) is 3.86. The zero-order valence-corrected chi connectivity index (χ0v) is 12.4. The summed E-state index contributed by atoms with van der Waals surface area (Å²) in [5.41, 5.74) is 1.27. The number of hydrogen-bond acceptors (Lipinski definition) is 1. The first-order chi connectivity index (χ1) is 6.56. The van der Waals surface area contributed by atoms with E-state index in [9.17, 15) is 0 Å². The van der Waals surface area contributed by atoms with Crippen molar-refractivity contribution in [2.45, 2.75) is 20.0 Å². The second kappa shape index (κ2) is 4.73. The van der Waals surface area contributed by atoms with E-state index in [1.54, 1.807) is 0 Å². The highest BCUT2D eigenvalue weighted by atomic mass is 28.4. The largest absolute Gasteiger partial charge is 0.461 e. The molecule has 0 radical (unpaired) electrons. The lowest BCUT2D eigenvalue weighted by atomic mass is 10.2. The van der Waals surface area contributed by atoms with Crippen LogP contribution in [0.5, 0.6) is 0 Å². The lowest BCUT2D eigenvalue weighted by molar-refractivity contribution is 0.622. The van der Waals surface area contributed by atoms with Gasteiger partial charge >= 0.3 is 0 Å². The minimum absolute atomic E-state index is 0.833. The van der Waals surface area contributed by atoms with Crippen molar-refractivity contribution in [2.75, 3.05) is 0 Å². The molecule has 1 nitrogen and oxygen atoms in total. The van der Waals surface area contributed by atoms with Crippen LogP contribution in [0.1, 0.15) is 12.5 Å². The molecule has 0 spiro atoms. The SMILES string of the molecule is CC(=Cc1ccccc1)[Si](C)(C)O[SiH3]. The standard InChI is InChI=1S/C11H18OSi2/c1-10(14(2,3)12-13)9-11-7-5-4-6-8-11/h4-9H,1-3,13H3. The first kappa shape index (κ1) is 11.4. The van der Waals surface area contributed by atoms with Crippen LogP contribution < -0.4 is 0 Å². The summed E-state index contributed by atoms with van der Waals surface area (Å²) < 4.78 is 5.68. The topological polar surface area (TPSA) is 9.23 Å². The summed E-state index contributed by atoms with van der Waals surface area (Å²) in [5.74, 6) is 0. The van der Waals surface area contributed by atoms with Crippen LogP contribution in [0.3, 0.4) is 0 Å². The maximum atomic E-state index is 5.68. The smallest absolute Gasteiger partial charge is 0.201 e. The lowest BCUT2D eigenvalue weighted by Crippen LogP contribution is -2.31. The first-order valence-corrected chi connectivity index (χ1v) is 8.58. The van der Waals surface area contributed by atoms with Crippen LogP contribution in [0, 0.1) is 0 Å². The van der Waals surface area contributed by atoms with Gasteiger partial charge in [0.25, 0.3) is 0 Å². The van der Waals surface area contributed by atoms with Crippen LogP contribution >= 0.6 is 0 Å². The van der Waals surface area contributed by atoms with Gasteiger partial charge in [-0.25, -0.2) is 0 Å². The molecule has 0 fully saturated rings. The Labute approximate surface area is 90.5 Å². The maximum absolute atomic E-state index is 5.68. The van der Waals surface area contributed by atoms with E-state index < -0.39 is 8.32 Å². The van der Waals surface area contributed by atoms with E-state index in [2.05, 4.69) is 50.4 Å². The molecule has 0 amide bonds. The van der Waals surface area contributed by atoms with Gasteiger partial charge in [-0.15, -0.1) is 0 Å². The fraction of sp³-hybridized carbons (Fsp3) is 0.273. The van der Waals surface area contributed by atoms with E-state index >= 15 is 0 Å².